The molecular weight excluding hydrogens is 250 g/mol. The van der Waals surface area contributed by atoms with Crippen LogP contribution in [0, 0.1) is 0 Å². The van der Waals surface area contributed by atoms with E-state index in [-0.39, 0.29) is 24.0 Å². The lowest BCUT2D eigenvalue weighted by Gasteiger charge is -2.22. The van der Waals surface area contributed by atoms with Crippen molar-refractivity contribution < 1.29 is 9.53 Å². The highest BCUT2D eigenvalue weighted by molar-refractivity contribution is 5.86. The molecule has 0 aromatic carbocycles. The minimum atomic E-state index is -1.01. The normalized spacial score (nSPS) is 11.3. The van der Waals surface area contributed by atoms with Gasteiger partial charge >= 0.3 is 6.01 Å². The van der Waals surface area contributed by atoms with Gasteiger partial charge < -0.3 is 15.8 Å². The number of rotatable bonds is 6. The maximum Gasteiger partial charge on any atom is 0.323 e. The van der Waals surface area contributed by atoms with E-state index in [1.165, 1.54) is 0 Å². The molecule has 0 radical (unpaired) electrons. The number of aromatic nitrogens is 3. The maximum atomic E-state index is 11.3. The molecule has 0 aliphatic heterocycles. The summed E-state index contributed by atoms with van der Waals surface area (Å²) in [5, 5.41) is 2.79. The number of hydrogen-bond donors (Lipinski definition) is 4. The molecule has 1 heterocycles. The molecule has 106 valence electrons. The zero-order valence-electron chi connectivity index (χ0n) is 11.4. The first-order valence-corrected chi connectivity index (χ1v) is 5.72. The van der Waals surface area contributed by atoms with Crippen molar-refractivity contribution in [1.29, 1.82) is 0 Å². The molecule has 6 N–H and O–H groups in total. The van der Waals surface area contributed by atoms with Crippen molar-refractivity contribution in [3.8, 4) is 6.01 Å². The molecule has 0 aliphatic rings. The fourth-order valence-electron chi connectivity index (χ4n) is 1.08. The lowest BCUT2D eigenvalue weighted by molar-refractivity contribution is -0.121. The maximum absolute atomic E-state index is 11.3. The van der Waals surface area contributed by atoms with Crippen LogP contribution in [0.25, 0.3) is 0 Å². The average molecular weight is 269 g/mol. The highest BCUT2D eigenvalue weighted by Gasteiger charge is 2.26. The molecule has 0 aliphatic carbocycles. The van der Waals surface area contributed by atoms with Crippen LogP contribution in [0.4, 0.5) is 11.9 Å². The summed E-state index contributed by atoms with van der Waals surface area (Å²) < 4.78 is 5.36. The van der Waals surface area contributed by atoms with Crippen LogP contribution in [0.1, 0.15) is 27.7 Å². The first kappa shape index (κ1) is 14.9. The number of hydrazine groups is 1. The lowest BCUT2D eigenvalue weighted by atomic mass is 10.1. The van der Waals surface area contributed by atoms with E-state index in [4.69, 9.17) is 16.3 Å². The summed E-state index contributed by atoms with van der Waals surface area (Å²) in [5.41, 5.74) is 6.55. The number of carbonyl (C=O) groups is 1. The molecule has 9 nitrogen and oxygen atoms in total. The Morgan fingerprint density at radius 1 is 1.26 bits per heavy atom. The summed E-state index contributed by atoms with van der Waals surface area (Å²) in [6.07, 6.45) is -0.106. The first-order valence-electron chi connectivity index (χ1n) is 5.72. The van der Waals surface area contributed by atoms with Gasteiger partial charge in [-0.2, -0.15) is 15.0 Å². The molecule has 9 heteroatoms. The third kappa shape index (κ3) is 4.21. The monoisotopic (exact) mass is 269 g/mol. The summed E-state index contributed by atoms with van der Waals surface area (Å²) in [7, 11) is 0. The van der Waals surface area contributed by atoms with Gasteiger partial charge in [0, 0.05) is 0 Å². The third-order valence-corrected chi connectivity index (χ3v) is 2.13. The molecule has 1 rings (SSSR count). The van der Waals surface area contributed by atoms with E-state index in [0.717, 1.165) is 0 Å². The summed E-state index contributed by atoms with van der Waals surface area (Å²) in [6, 6.07) is 0.0979. The molecule has 1 amide bonds. The van der Waals surface area contributed by atoms with Crippen LogP contribution in [0.2, 0.25) is 0 Å². The third-order valence-electron chi connectivity index (χ3n) is 2.13. The van der Waals surface area contributed by atoms with E-state index in [1.54, 1.807) is 13.8 Å². The van der Waals surface area contributed by atoms with E-state index in [9.17, 15) is 4.79 Å². The van der Waals surface area contributed by atoms with Crippen molar-refractivity contribution in [2.75, 3.05) is 10.7 Å². The Morgan fingerprint density at radius 3 is 2.32 bits per heavy atom. The van der Waals surface area contributed by atoms with Crippen LogP contribution in [0.3, 0.4) is 0 Å². The molecule has 0 saturated carbocycles. The predicted octanol–water partition coefficient (Wildman–Crippen LogP) is -0.380. The number of carbonyl (C=O) groups excluding carboxylic acids is 1. The zero-order chi connectivity index (χ0) is 14.6. The second-order valence-corrected chi connectivity index (χ2v) is 4.69. The molecule has 0 unspecified atom stereocenters. The Morgan fingerprint density at radius 2 is 1.84 bits per heavy atom. The predicted molar refractivity (Wildman–Crippen MR) is 70.3 cm³/mol. The largest absolute Gasteiger partial charge is 0.461 e. The second kappa shape index (κ2) is 5.65. The number of hydrogen-bond acceptors (Lipinski definition) is 8. The van der Waals surface area contributed by atoms with Gasteiger partial charge in [0.05, 0.1) is 6.10 Å². The Bertz CT molecular complexity index is 461. The Labute approximate surface area is 111 Å². The summed E-state index contributed by atoms with van der Waals surface area (Å²) in [5.74, 6) is 4.98. The van der Waals surface area contributed by atoms with Gasteiger partial charge in [0.2, 0.25) is 17.8 Å². The van der Waals surface area contributed by atoms with Crippen LogP contribution in [0.15, 0.2) is 0 Å². The Balaban J connectivity index is 3.03. The molecule has 0 atom stereocenters. The molecule has 0 bridgehead atoms. The number of nitrogen functional groups attached to an aromatic ring is 1. The molecular formula is C10H19N7O2. The van der Waals surface area contributed by atoms with Gasteiger partial charge in [-0.1, -0.05) is 0 Å². The van der Waals surface area contributed by atoms with Gasteiger partial charge in [0.15, 0.2) is 0 Å². The minimum Gasteiger partial charge on any atom is -0.461 e. The molecule has 0 spiro atoms. The quantitative estimate of drug-likeness (QED) is 0.404. The summed E-state index contributed by atoms with van der Waals surface area (Å²) in [6.45, 7) is 6.88. The van der Waals surface area contributed by atoms with E-state index in [1.807, 2.05) is 13.8 Å². The van der Waals surface area contributed by atoms with Crippen LogP contribution in [0.5, 0.6) is 6.01 Å². The number of primary amides is 1. The number of amides is 1. The topological polar surface area (TPSA) is 141 Å². The van der Waals surface area contributed by atoms with Crippen molar-refractivity contribution in [3.63, 3.8) is 0 Å². The smallest absolute Gasteiger partial charge is 0.323 e. The molecule has 19 heavy (non-hydrogen) atoms. The number of anilines is 2. The molecule has 0 fully saturated rings. The standard InChI is InChI=1S/C10H19N7O2/c1-5(2)19-9-14-7(13-8(15-9)17-12)16-10(3,4)6(11)18/h5H,12H2,1-4H3,(H2,11,18)(H2,13,14,15,16,17). The zero-order valence-corrected chi connectivity index (χ0v) is 11.4. The first-order chi connectivity index (χ1) is 8.74. The SMILES string of the molecule is CC(C)Oc1nc(NN)nc(NC(C)(C)C(N)=O)n1. The second-order valence-electron chi connectivity index (χ2n) is 4.69. The molecule has 1 aromatic rings. The number of ether oxygens (including phenoxy) is 1. The minimum absolute atomic E-state index is 0.0979. The fraction of sp³-hybridized carbons (Fsp3) is 0.600. The molecule has 1 aromatic heterocycles. The highest BCUT2D eigenvalue weighted by Crippen LogP contribution is 2.15. The molecule has 0 saturated heterocycles. The fourth-order valence-corrected chi connectivity index (χ4v) is 1.08. The van der Waals surface area contributed by atoms with E-state index in [0.29, 0.717) is 0 Å². The summed E-state index contributed by atoms with van der Waals surface area (Å²) >= 11 is 0. The van der Waals surface area contributed by atoms with Gasteiger partial charge in [-0.05, 0) is 27.7 Å². The van der Waals surface area contributed by atoms with Gasteiger partial charge in [0.1, 0.15) is 5.54 Å². The van der Waals surface area contributed by atoms with Crippen molar-refractivity contribution in [1.82, 2.24) is 15.0 Å². The van der Waals surface area contributed by atoms with Gasteiger partial charge in [-0.25, -0.2) is 5.84 Å². The summed E-state index contributed by atoms with van der Waals surface area (Å²) in [4.78, 5) is 23.2. The van der Waals surface area contributed by atoms with Gasteiger partial charge in [-0.15, -0.1) is 0 Å². The number of nitrogens with two attached hydrogens (primary N) is 2. The Hall–Kier alpha value is -2.16. The van der Waals surface area contributed by atoms with Crippen molar-refractivity contribution in [3.05, 3.63) is 0 Å². The average Bonchev–Trinajstić information content (AvgIpc) is 2.26. The Kier molecular flexibility index (Phi) is 4.43. The van der Waals surface area contributed by atoms with Crippen LogP contribution in [-0.2, 0) is 4.79 Å². The highest BCUT2D eigenvalue weighted by atomic mass is 16.5. The van der Waals surface area contributed by atoms with Crippen molar-refractivity contribution in [2.24, 2.45) is 11.6 Å². The number of nitrogens with one attached hydrogen (secondary N) is 2. The van der Waals surface area contributed by atoms with Crippen LogP contribution in [-0.4, -0.2) is 32.5 Å². The van der Waals surface area contributed by atoms with E-state index in [2.05, 4.69) is 25.7 Å². The van der Waals surface area contributed by atoms with Gasteiger partial charge in [-0.3, -0.25) is 10.2 Å². The van der Waals surface area contributed by atoms with E-state index < -0.39 is 11.4 Å². The van der Waals surface area contributed by atoms with Gasteiger partial charge in [0.25, 0.3) is 0 Å². The van der Waals surface area contributed by atoms with Crippen LogP contribution < -0.4 is 27.1 Å². The van der Waals surface area contributed by atoms with E-state index >= 15 is 0 Å². The van der Waals surface area contributed by atoms with Crippen LogP contribution >= 0.6 is 0 Å². The number of nitrogens with zero attached hydrogens (tertiary/aromatic N) is 3. The van der Waals surface area contributed by atoms with Crippen molar-refractivity contribution in [2.45, 2.75) is 39.3 Å². The lowest BCUT2D eigenvalue weighted by Crippen LogP contribution is -2.45. The van der Waals surface area contributed by atoms with Crippen molar-refractivity contribution >= 4 is 17.8 Å².